The molecule has 0 fully saturated rings. The van der Waals surface area contributed by atoms with E-state index in [1.165, 1.54) is 0 Å². The van der Waals surface area contributed by atoms with Crippen molar-refractivity contribution < 1.29 is 0 Å². The Morgan fingerprint density at radius 3 is 2.83 bits per heavy atom. The molecular weight excluding hydrogens is 76.1 g/mol. The lowest BCUT2D eigenvalue weighted by atomic mass is 10.6. The van der Waals surface area contributed by atoms with Gasteiger partial charge in [0.05, 0.1) is 0 Å². The van der Waals surface area contributed by atoms with Crippen molar-refractivity contribution in [1.29, 1.82) is 5.41 Å². The number of hydrogen-bond acceptors (Lipinski definition) is 1. The molecule has 0 aromatic rings. The van der Waals surface area contributed by atoms with E-state index in [0.29, 0.717) is 0 Å². The first-order valence-electron chi connectivity index (χ1n) is 1.60. The van der Waals surface area contributed by atoms with Crippen LogP contribution in [0.1, 0.15) is 0 Å². The molecule has 29 valence electrons. The number of amidine groups is 1. The molecule has 1 N–H and O–H groups in total. The van der Waals surface area contributed by atoms with Gasteiger partial charge in [-0.05, 0) is 6.08 Å². The fourth-order valence-corrected chi connectivity index (χ4v) is 0.265. The highest BCUT2D eigenvalue weighted by Gasteiger charge is 1.86. The van der Waals surface area contributed by atoms with Crippen LogP contribution < -0.4 is 0 Å². The molecule has 2 nitrogen and oxygen atoms in total. The summed E-state index contributed by atoms with van der Waals surface area (Å²) in [5.74, 6) is 0.218. The zero-order valence-corrected chi connectivity index (χ0v) is 3.10. The minimum absolute atomic E-state index is 0.218. The van der Waals surface area contributed by atoms with Gasteiger partial charge < -0.3 is 0 Å². The second-order valence-electron chi connectivity index (χ2n) is 0.938. The molecule has 1 rings (SSSR count). The number of rotatable bonds is 0. The van der Waals surface area contributed by atoms with Crippen molar-refractivity contribution >= 4 is 12.1 Å². The summed E-state index contributed by atoms with van der Waals surface area (Å²) in [6.07, 6.45) is 5.71. The van der Waals surface area contributed by atoms with E-state index in [4.69, 9.17) is 5.41 Å². The summed E-state index contributed by atoms with van der Waals surface area (Å²) in [7, 11) is 0. The van der Waals surface area contributed by atoms with Gasteiger partial charge in [0.15, 0.2) is 5.84 Å². The second kappa shape index (κ2) is 1.05. The first kappa shape index (κ1) is 3.28. The lowest BCUT2D eigenvalue weighted by molar-refractivity contribution is 1.47. The van der Waals surface area contributed by atoms with Crippen molar-refractivity contribution in [2.75, 3.05) is 0 Å². The Hall–Kier alpha value is -0.920. The van der Waals surface area contributed by atoms with Crippen LogP contribution in [0.3, 0.4) is 0 Å². The third kappa shape index (κ3) is 0.360. The highest BCUT2D eigenvalue weighted by atomic mass is 14.8. The standard InChI is InChI=1S/C4H3N2/c5-4-2-1-3-6-4/h1,3,5H. The van der Waals surface area contributed by atoms with Crippen LogP contribution in [0.25, 0.3) is 0 Å². The van der Waals surface area contributed by atoms with E-state index in [1.54, 1.807) is 12.3 Å². The minimum atomic E-state index is 0.218. The van der Waals surface area contributed by atoms with Crippen LogP contribution in [0.4, 0.5) is 0 Å². The SMILES string of the molecule is N=C1[C]=CC=N1. The molecule has 1 aliphatic heterocycles. The molecule has 0 aromatic heterocycles. The van der Waals surface area contributed by atoms with Gasteiger partial charge in [0.1, 0.15) is 0 Å². The first-order valence-corrected chi connectivity index (χ1v) is 1.60. The van der Waals surface area contributed by atoms with Crippen LogP contribution in [0.2, 0.25) is 0 Å². The quantitative estimate of drug-likeness (QED) is 0.436. The summed E-state index contributed by atoms with van der Waals surface area (Å²) in [5, 5.41) is 6.71. The lowest BCUT2D eigenvalue weighted by Gasteiger charge is -1.67. The zero-order chi connectivity index (χ0) is 4.41. The summed E-state index contributed by atoms with van der Waals surface area (Å²) in [6, 6.07) is 0. The van der Waals surface area contributed by atoms with Gasteiger partial charge in [0, 0.05) is 12.3 Å². The number of nitrogens with one attached hydrogen (secondary N) is 1. The monoisotopic (exact) mass is 79.0 g/mol. The minimum Gasteiger partial charge on any atom is -0.282 e. The van der Waals surface area contributed by atoms with Crippen molar-refractivity contribution in [1.82, 2.24) is 0 Å². The zero-order valence-electron chi connectivity index (χ0n) is 3.10. The van der Waals surface area contributed by atoms with Crippen molar-refractivity contribution in [2.24, 2.45) is 4.99 Å². The molecule has 0 aliphatic carbocycles. The lowest BCUT2D eigenvalue weighted by Crippen LogP contribution is -1.74. The fourth-order valence-electron chi connectivity index (χ4n) is 0.265. The molecule has 1 radical (unpaired) electrons. The van der Waals surface area contributed by atoms with E-state index in [9.17, 15) is 0 Å². The number of hydrogen-bond donors (Lipinski definition) is 1. The Balaban J connectivity index is 2.86. The summed E-state index contributed by atoms with van der Waals surface area (Å²) in [6.45, 7) is 0. The Labute approximate surface area is 35.7 Å². The fraction of sp³-hybridized carbons (Fsp3) is 0. The van der Waals surface area contributed by atoms with Crippen LogP contribution in [0, 0.1) is 11.5 Å². The number of nitrogens with zero attached hydrogens (tertiary/aromatic N) is 1. The normalized spacial score (nSPS) is 17.0. The molecule has 2 heteroatoms. The van der Waals surface area contributed by atoms with Gasteiger partial charge in [-0.3, -0.25) is 5.41 Å². The predicted octanol–water partition coefficient (Wildman–Crippen LogP) is 0.407. The Kier molecular flexibility index (Phi) is 0.572. The molecule has 0 atom stereocenters. The van der Waals surface area contributed by atoms with Gasteiger partial charge in [0.2, 0.25) is 0 Å². The Bertz CT molecular complexity index is 108. The summed E-state index contributed by atoms with van der Waals surface area (Å²) in [4.78, 5) is 3.53. The van der Waals surface area contributed by atoms with Gasteiger partial charge in [-0.15, -0.1) is 0 Å². The first-order chi connectivity index (χ1) is 2.89. The average molecular weight is 79.1 g/mol. The topological polar surface area (TPSA) is 36.2 Å². The van der Waals surface area contributed by atoms with Crippen molar-refractivity contribution in [2.45, 2.75) is 0 Å². The van der Waals surface area contributed by atoms with E-state index in [1.807, 2.05) is 0 Å². The Morgan fingerprint density at radius 1 is 1.83 bits per heavy atom. The third-order valence-corrected chi connectivity index (χ3v) is 0.498. The van der Waals surface area contributed by atoms with Crippen molar-refractivity contribution in [3.63, 3.8) is 0 Å². The van der Waals surface area contributed by atoms with Gasteiger partial charge in [-0.25, -0.2) is 4.99 Å². The van der Waals surface area contributed by atoms with Crippen LogP contribution in [0.5, 0.6) is 0 Å². The second-order valence-corrected chi connectivity index (χ2v) is 0.938. The van der Waals surface area contributed by atoms with Gasteiger partial charge in [-0.2, -0.15) is 0 Å². The largest absolute Gasteiger partial charge is 0.282 e. The van der Waals surface area contributed by atoms with E-state index < -0.39 is 0 Å². The van der Waals surface area contributed by atoms with Crippen LogP contribution in [-0.2, 0) is 0 Å². The molecular formula is C4H3N2. The molecule has 0 bridgehead atoms. The highest BCUT2D eigenvalue weighted by molar-refractivity contribution is 6.01. The van der Waals surface area contributed by atoms with Crippen molar-refractivity contribution in [3.05, 3.63) is 12.2 Å². The number of allylic oxidation sites excluding steroid dienone is 1. The molecule has 0 amide bonds. The van der Waals surface area contributed by atoms with Gasteiger partial charge >= 0.3 is 0 Å². The van der Waals surface area contributed by atoms with Gasteiger partial charge in [-0.1, -0.05) is 0 Å². The molecule has 1 heterocycles. The van der Waals surface area contributed by atoms with Crippen LogP contribution >= 0.6 is 0 Å². The average Bonchev–Trinajstić information content (AvgIpc) is 1.86. The third-order valence-electron chi connectivity index (χ3n) is 0.498. The van der Waals surface area contributed by atoms with Gasteiger partial charge in [0.25, 0.3) is 0 Å². The van der Waals surface area contributed by atoms with E-state index in [0.717, 1.165) is 0 Å². The Morgan fingerprint density at radius 2 is 2.67 bits per heavy atom. The maximum atomic E-state index is 6.71. The summed E-state index contributed by atoms with van der Waals surface area (Å²) >= 11 is 0. The van der Waals surface area contributed by atoms with Crippen LogP contribution in [0.15, 0.2) is 11.1 Å². The molecule has 1 aliphatic rings. The van der Waals surface area contributed by atoms with Crippen LogP contribution in [-0.4, -0.2) is 12.1 Å². The summed E-state index contributed by atoms with van der Waals surface area (Å²) < 4.78 is 0. The maximum Gasteiger partial charge on any atom is 0.152 e. The summed E-state index contributed by atoms with van der Waals surface area (Å²) in [5.41, 5.74) is 0. The maximum absolute atomic E-state index is 6.71. The highest BCUT2D eigenvalue weighted by Crippen LogP contribution is 1.82. The molecule has 0 aromatic carbocycles. The number of aliphatic imine (C=N–C) groups is 1. The van der Waals surface area contributed by atoms with E-state index in [-0.39, 0.29) is 5.84 Å². The molecule has 0 unspecified atom stereocenters. The molecule has 6 heavy (non-hydrogen) atoms. The smallest absolute Gasteiger partial charge is 0.152 e. The van der Waals surface area contributed by atoms with E-state index >= 15 is 0 Å². The van der Waals surface area contributed by atoms with E-state index in [2.05, 4.69) is 11.1 Å². The predicted molar refractivity (Wildman–Crippen MR) is 24.0 cm³/mol. The molecule has 0 saturated heterocycles. The molecule has 0 saturated carbocycles. The van der Waals surface area contributed by atoms with Crippen molar-refractivity contribution in [3.8, 4) is 0 Å². The molecule has 0 spiro atoms.